The first-order valence-electron chi connectivity index (χ1n) is 6.07. The number of anilines is 1. The smallest absolute Gasteiger partial charge is 0.189 e. The van der Waals surface area contributed by atoms with Gasteiger partial charge in [0.2, 0.25) is 0 Å². The van der Waals surface area contributed by atoms with Crippen LogP contribution in [0.3, 0.4) is 0 Å². The average molecular weight is 282 g/mol. The Morgan fingerprint density at radius 3 is 2.70 bits per heavy atom. The number of nitriles is 1. The van der Waals surface area contributed by atoms with Crippen LogP contribution in [-0.4, -0.2) is 15.7 Å². The van der Waals surface area contributed by atoms with Crippen molar-refractivity contribution in [2.24, 2.45) is 0 Å². The first-order chi connectivity index (χ1) is 9.72. The van der Waals surface area contributed by atoms with E-state index in [4.69, 9.17) is 11.0 Å². The van der Waals surface area contributed by atoms with Gasteiger partial charge < -0.3 is 5.73 Å². The minimum absolute atomic E-state index is 0.496. The van der Waals surface area contributed by atoms with Crippen molar-refractivity contribution in [3.05, 3.63) is 59.8 Å². The third-order valence-electron chi connectivity index (χ3n) is 2.68. The van der Waals surface area contributed by atoms with Crippen LogP contribution in [0.25, 0.3) is 0 Å². The second-order valence-electron chi connectivity index (χ2n) is 4.15. The summed E-state index contributed by atoms with van der Waals surface area (Å²) < 4.78 is 0. The quantitative estimate of drug-likeness (QED) is 0.518. The van der Waals surface area contributed by atoms with Crippen LogP contribution in [0.1, 0.15) is 16.7 Å². The second-order valence-corrected chi connectivity index (χ2v) is 5.14. The highest BCUT2D eigenvalue weighted by atomic mass is 32.2. The Labute approximate surface area is 122 Å². The van der Waals surface area contributed by atoms with Gasteiger partial charge in [0, 0.05) is 23.9 Å². The van der Waals surface area contributed by atoms with Crippen LogP contribution >= 0.6 is 11.8 Å². The summed E-state index contributed by atoms with van der Waals surface area (Å²) in [6.07, 6.45) is 4.21. The lowest BCUT2D eigenvalue weighted by molar-refractivity contribution is 0.945. The van der Waals surface area contributed by atoms with E-state index in [0.717, 1.165) is 16.9 Å². The van der Waals surface area contributed by atoms with E-state index in [0.29, 0.717) is 23.0 Å². The summed E-state index contributed by atoms with van der Waals surface area (Å²) in [5.41, 5.74) is 8.56. The van der Waals surface area contributed by atoms with E-state index >= 15 is 0 Å². The first-order valence-corrected chi connectivity index (χ1v) is 7.05. The van der Waals surface area contributed by atoms with Gasteiger partial charge in [0.1, 0.15) is 5.82 Å². The van der Waals surface area contributed by atoms with E-state index in [2.05, 4.69) is 22.6 Å². The lowest BCUT2D eigenvalue weighted by Crippen LogP contribution is -2.02. The molecule has 5 heteroatoms. The zero-order valence-corrected chi connectivity index (χ0v) is 11.7. The molecule has 0 bridgehead atoms. The van der Waals surface area contributed by atoms with Gasteiger partial charge in [0.05, 0.1) is 11.6 Å². The van der Waals surface area contributed by atoms with Gasteiger partial charge in [-0.15, -0.1) is 6.58 Å². The number of hydrogen-bond acceptors (Lipinski definition) is 5. The minimum Gasteiger partial charge on any atom is -0.383 e. The SMILES string of the molecule is C=CCSc1ncc(Cc2ccc(C#N)cc2)c(N)n1. The van der Waals surface area contributed by atoms with Crippen LogP contribution in [0, 0.1) is 11.3 Å². The van der Waals surface area contributed by atoms with E-state index in [1.54, 1.807) is 24.4 Å². The summed E-state index contributed by atoms with van der Waals surface area (Å²) in [4.78, 5) is 8.55. The van der Waals surface area contributed by atoms with Crippen molar-refractivity contribution in [1.82, 2.24) is 9.97 Å². The Balaban J connectivity index is 2.12. The predicted molar refractivity (Wildman–Crippen MR) is 81.3 cm³/mol. The maximum Gasteiger partial charge on any atom is 0.189 e. The van der Waals surface area contributed by atoms with E-state index in [1.165, 1.54) is 11.8 Å². The molecule has 0 aliphatic rings. The van der Waals surface area contributed by atoms with Gasteiger partial charge in [-0.05, 0) is 17.7 Å². The Kier molecular flexibility index (Phi) is 4.75. The lowest BCUT2D eigenvalue weighted by Gasteiger charge is -2.06. The molecule has 1 heterocycles. The molecule has 0 saturated carbocycles. The standard InChI is InChI=1S/C15H14N4S/c1-2-7-20-15-18-10-13(14(17)19-15)8-11-3-5-12(9-16)6-4-11/h2-6,10H,1,7-8H2,(H2,17,18,19). The van der Waals surface area contributed by atoms with Gasteiger partial charge in [0.15, 0.2) is 5.16 Å². The van der Waals surface area contributed by atoms with Crippen molar-refractivity contribution in [2.45, 2.75) is 11.6 Å². The van der Waals surface area contributed by atoms with Gasteiger partial charge >= 0.3 is 0 Å². The highest BCUT2D eigenvalue weighted by Crippen LogP contribution is 2.19. The van der Waals surface area contributed by atoms with E-state index < -0.39 is 0 Å². The summed E-state index contributed by atoms with van der Waals surface area (Å²) in [7, 11) is 0. The normalized spacial score (nSPS) is 9.95. The zero-order chi connectivity index (χ0) is 14.4. The summed E-state index contributed by atoms with van der Waals surface area (Å²) >= 11 is 1.50. The molecular formula is C15H14N4S. The third kappa shape index (κ3) is 3.59. The maximum absolute atomic E-state index is 8.76. The van der Waals surface area contributed by atoms with Gasteiger partial charge in [-0.25, -0.2) is 9.97 Å². The average Bonchev–Trinajstić information content (AvgIpc) is 2.48. The molecule has 2 aromatic rings. The van der Waals surface area contributed by atoms with Crippen LogP contribution in [0.2, 0.25) is 0 Å². The van der Waals surface area contributed by atoms with Gasteiger partial charge in [-0.2, -0.15) is 5.26 Å². The van der Waals surface area contributed by atoms with Crippen LogP contribution in [0.5, 0.6) is 0 Å². The number of nitrogens with zero attached hydrogens (tertiary/aromatic N) is 3. The van der Waals surface area contributed by atoms with Crippen LogP contribution < -0.4 is 5.73 Å². The van der Waals surface area contributed by atoms with Crippen molar-refractivity contribution in [2.75, 3.05) is 11.5 Å². The van der Waals surface area contributed by atoms with Crippen LogP contribution in [-0.2, 0) is 6.42 Å². The Bertz CT molecular complexity index is 644. The fourth-order valence-corrected chi connectivity index (χ4v) is 2.22. The fraction of sp³-hybridized carbons (Fsp3) is 0.133. The number of benzene rings is 1. The molecule has 20 heavy (non-hydrogen) atoms. The van der Waals surface area contributed by atoms with Gasteiger partial charge in [-0.3, -0.25) is 0 Å². The van der Waals surface area contributed by atoms with Gasteiger partial charge in [0.25, 0.3) is 0 Å². The summed E-state index contributed by atoms with van der Waals surface area (Å²) in [6.45, 7) is 3.66. The molecule has 1 aromatic carbocycles. The number of rotatable bonds is 5. The van der Waals surface area contributed by atoms with E-state index in [1.807, 2.05) is 12.1 Å². The summed E-state index contributed by atoms with van der Waals surface area (Å²) in [6, 6.07) is 9.51. The molecular weight excluding hydrogens is 268 g/mol. The molecule has 2 rings (SSSR count). The highest BCUT2D eigenvalue weighted by molar-refractivity contribution is 7.99. The minimum atomic E-state index is 0.496. The Hall–Kier alpha value is -2.32. The molecule has 0 spiro atoms. The topological polar surface area (TPSA) is 75.6 Å². The van der Waals surface area contributed by atoms with Crippen molar-refractivity contribution in [3.8, 4) is 6.07 Å². The molecule has 0 amide bonds. The number of aromatic nitrogens is 2. The summed E-state index contributed by atoms with van der Waals surface area (Å²) in [5.74, 6) is 1.25. The van der Waals surface area contributed by atoms with Crippen molar-refractivity contribution in [1.29, 1.82) is 5.26 Å². The van der Waals surface area contributed by atoms with E-state index in [-0.39, 0.29) is 0 Å². The molecule has 0 aliphatic heterocycles. The maximum atomic E-state index is 8.76. The number of nitrogen functional groups attached to an aromatic ring is 1. The molecule has 100 valence electrons. The molecule has 0 atom stereocenters. The van der Waals surface area contributed by atoms with Crippen LogP contribution in [0.15, 0.2) is 48.3 Å². The molecule has 2 N–H and O–H groups in total. The zero-order valence-electron chi connectivity index (χ0n) is 10.9. The van der Waals surface area contributed by atoms with Crippen molar-refractivity contribution < 1.29 is 0 Å². The number of thioether (sulfide) groups is 1. The molecule has 0 unspecified atom stereocenters. The number of hydrogen-bond donors (Lipinski definition) is 1. The van der Waals surface area contributed by atoms with Crippen LogP contribution in [0.4, 0.5) is 5.82 Å². The predicted octanol–water partition coefficient (Wildman–Crippen LogP) is 2.80. The van der Waals surface area contributed by atoms with Gasteiger partial charge in [-0.1, -0.05) is 30.0 Å². The lowest BCUT2D eigenvalue weighted by atomic mass is 10.1. The Morgan fingerprint density at radius 2 is 2.10 bits per heavy atom. The molecule has 1 aromatic heterocycles. The molecule has 0 fully saturated rings. The fourth-order valence-electron chi connectivity index (χ4n) is 1.66. The molecule has 0 radical (unpaired) electrons. The van der Waals surface area contributed by atoms with E-state index in [9.17, 15) is 0 Å². The monoisotopic (exact) mass is 282 g/mol. The largest absolute Gasteiger partial charge is 0.383 e. The number of nitrogens with two attached hydrogens (primary N) is 1. The second kappa shape index (κ2) is 6.73. The third-order valence-corrected chi connectivity index (χ3v) is 3.54. The first kappa shape index (κ1) is 14.1. The van der Waals surface area contributed by atoms with Crippen molar-refractivity contribution in [3.63, 3.8) is 0 Å². The molecule has 0 aliphatic carbocycles. The van der Waals surface area contributed by atoms with Crippen molar-refractivity contribution >= 4 is 17.6 Å². The Morgan fingerprint density at radius 1 is 1.35 bits per heavy atom. The highest BCUT2D eigenvalue weighted by Gasteiger charge is 2.05. The molecule has 0 saturated heterocycles. The summed E-state index contributed by atoms with van der Waals surface area (Å²) in [5, 5.41) is 9.42. The molecule has 4 nitrogen and oxygen atoms in total.